The topological polar surface area (TPSA) is 64.7 Å². The summed E-state index contributed by atoms with van der Waals surface area (Å²) < 4.78 is 41.8. The summed E-state index contributed by atoms with van der Waals surface area (Å²) in [5.41, 5.74) is 3.36. The maximum absolute atomic E-state index is 13.0. The van der Waals surface area contributed by atoms with Crippen LogP contribution < -0.4 is 5.32 Å². The van der Waals surface area contributed by atoms with Crippen molar-refractivity contribution in [3.05, 3.63) is 63.2 Å². The Balaban J connectivity index is 1.69. The van der Waals surface area contributed by atoms with Crippen molar-refractivity contribution >= 4 is 23.2 Å². The number of anilines is 1. The molecular weight excluding hydrogens is 431 g/mol. The quantitative estimate of drug-likeness (QED) is 0.567. The highest BCUT2D eigenvalue weighted by Crippen LogP contribution is 2.35. The third-order valence-corrected chi connectivity index (χ3v) is 5.63. The second-order valence-electron chi connectivity index (χ2n) is 7.40. The Morgan fingerprint density at radius 1 is 1.06 bits per heavy atom. The number of hydrogen-bond donors (Lipinski definition) is 1. The molecule has 10 heteroatoms. The molecule has 0 radical (unpaired) electrons. The van der Waals surface area contributed by atoms with Crippen LogP contribution in [0, 0.1) is 27.7 Å². The molecule has 0 aliphatic carbocycles. The summed E-state index contributed by atoms with van der Waals surface area (Å²) in [7, 11) is 0. The van der Waals surface area contributed by atoms with E-state index in [0.29, 0.717) is 17.9 Å². The van der Waals surface area contributed by atoms with E-state index in [1.165, 1.54) is 6.92 Å². The van der Waals surface area contributed by atoms with Gasteiger partial charge in [-0.2, -0.15) is 23.4 Å². The summed E-state index contributed by atoms with van der Waals surface area (Å²) in [5.74, 6) is -0.346. The molecule has 0 atom stereocenters. The zero-order valence-electron chi connectivity index (χ0n) is 17.6. The lowest BCUT2D eigenvalue weighted by Crippen LogP contribution is -2.17. The minimum Gasteiger partial charge on any atom is -0.323 e. The molecule has 2 aromatic heterocycles. The smallest absolute Gasteiger partial charge is 0.323 e. The van der Waals surface area contributed by atoms with Crippen molar-refractivity contribution in [2.75, 3.05) is 5.32 Å². The largest absolute Gasteiger partial charge is 0.436 e. The summed E-state index contributed by atoms with van der Waals surface area (Å²) in [6, 6.07) is 7.98. The number of nitrogens with zero attached hydrogens (tertiary/aromatic N) is 4. The van der Waals surface area contributed by atoms with E-state index in [2.05, 4.69) is 15.5 Å². The summed E-state index contributed by atoms with van der Waals surface area (Å²) in [6.45, 7) is 7.66. The number of aryl methyl sites for hydroxylation is 3. The van der Waals surface area contributed by atoms with Crippen molar-refractivity contribution in [1.29, 1.82) is 0 Å². The van der Waals surface area contributed by atoms with Crippen molar-refractivity contribution in [1.82, 2.24) is 19.6 Å². The normalized spacial score (nSPS) is 11.7. The van der Waals surface area contributed by atoms with E-state index in [9.17, 15) is 18.0 Å². The molecule has 0 fully saturated rings. The molecule has 166 valence electrons. The molecule has 1 amide bonds. The molecule has 0 saturated heterocycles. The molecule has 2 heterocycles. The highest BCUT2D eigenvalue weighted by molar-refractivity contribution is 6.31. The van der Waals surface area contributed by atoms with Crippen LogP contribution in [-0.2, 0) is 24.1 Å². The Kier molecular flexibility index (Phi) is 6.45. The molecule has 0 bridgehead atoms. The van der Waals surface area contributed by atoms with Gasteiger partial charge in [-0.25, -0.2) is 0 Å². The third-order valence-electron chi connectivity index (χ3n) is 5.18. The maximum atomic E-state index is 13.0. The van der Waals surface area contributed by atoms with Gasteiger partial charge in [0.2, 0.25) is 5.91 Å². The Morgan fingerprint density at radius 3 is 2.35 bits per heavy atom. The standard InChI is InChI=1S/C21H23ClF3N5O/c1-12-7-5-6-8-16(12)11-30-15(4)19(13(2)27-30)26-17(31)9-10-29-14(3)18(22)20(28-29)21(23,24)25/h5-8H,9-11H2,1-4H3,(H,26,31). The number of nitrogens with one attached hydrogen (secondary N) is 1. The van der Waals surface area contributed by atoms with Crippen molar-refractivity contribution in [3.63, 3.8) is 0 Å². The third kappa shape index (κ3) is 4.92. The van der Waals surface area contributed by atoms with Gasteiger partial charge < -0.3 is 5.32 Å². The molecule has 6 nitrogen and oxygen atoms in total. The molecule has 0 aliphatic heterocycles. The Hall–Kier alpha value is -2.81. The van der Waals surface area contributed by atoms with Crippen LogP contribution in [0.5, 0.6) is 0 Å². The van der Waals surface area contributed by atoms with Crippen LogP contribution in [0.1, 0.15) is 40.3 Å². The van der Waals surface area contributed by atoms with Gasteiger partial charge in [-0.15, -0.1) is 0 Å². The molecule has 31 heavy (non-hydrogen) atoms. The van der Waals surface area contributed by atoms with Gasteiger partial charge in [0.25, 0.3) is 0 Å². The Morgan fingerprint density at radius 2 is 1.74 bits per heavy atom. The monoisotopic (exact) mass is 453 g/mol. The van der Waals surface area contributed by atoms with Gasteiger partial charge in [0, 0.05) is 6.42 Å². The Labute approximate surface area is 183 Å². The molecule has 1 aromatic carbocycles. The van der Waals surface area contributed by atoms with Gasteiger partial charge in [-0.1, -0.05) is 35.9 Å². The van der Waals surface area contributed by atoms with Crippen LogP contribution in [0.4, 0.5) is 18.9 Å². The van der Waals surface area contributed by atoms with E-state index < -0.39 is 16.9 Å². The van der Waals surface area contributed by atoms with Gasteiger partial charge in [0.15, 0.2) is 5.69 Å². The van der Waals surface area contributed by atoms with Crippen molar-refractivity contribution in [2.24, 2.45) is 0 Å². The van der Waals surface area contributed by atoms with E-state index in [1.54, 1.807) is 6.92 Å². The summed E-state index contributed by atoms with van der Waals surface area (Å²) in [5, 5.41) is 10.4. The van der Waals surface area contributed by atoms with E-state index in [0.717, 1.165) is 21.5 Å². The van der Waals surface area contributed by atoms with Crippen LogP contribution in [0.3, 0.4) is 0 Å². The zero-order chi connectivity index (χ0) is 22.9. The van der Waals surface area contributed by atoms with E-state index >= 15 is 0 Å². The highest BCUT2D eigenvalue weighted by Gasteiger charge is 2.38. The number of amides is 1. The molecule has 0 saturated carbocycles. The zero-order valence-corrected chi connectivity index (χ0v) is 18.4. The van der Waals surface area contributed by atoms with Crippen molar-refractivity contribution in [3.8, 4) is 0 Å². The first-order chi connectivity index (χ1) is 14.5. The van der Waals surface area contributed by atoms with E-state index in [-0.39, 0.29) is 24.6 Å². The fourth-order valence-electron chi connectivity index (χ4n) is 3.31. The van der Waals surface area contributed by atoms with Crippen molar-refractivity contribution in [2.45, 2.75) is 53.4 Å². The molecular formula is C21H23ClF3N5O. The first-order valence-electron chi connectivity index (χ1n) is 9.67. The van der Waals surface area contributed by atoms with Gasteiger partial charge >= 0.3 is 6.18 Å². The first-order valence-corrected chi connectivity index (χ1v) is 10.0. The molecule has 0 spiro atoms. The lowest BCUT2D eigenvalue weighted by molar-refractivity contribution is -0.141. The average Bonchev–Trinajstić information content (AvgIpc) is 3.12. The van der Waals surface area contributed by atoms with Gasteiger partial charge in [-0.05, 0) is 38.8 Å². The number of aromatic nitrogens is 4. The number of rotatable bonds is 6. The van der Waals surface area contributed by atoms with Crippen LogP contribution in [-0.4, -0.2) is 25.5 Å². The SMILES string of the molecule is Cc1ccccc1Cn1nc(C)c(NC(=O)CCn2nc(C(F)(F)F)c(Cl)c2C)c1C. The van der Waals surface area contributed by atoms with Crippen LogP contribution >= 0.6 is 11.6 Å². The van der Waals surface area contributed by atoms with Gasteiger partial charge in [0.1, 0.15) is 0 Å². The highest BCUT2D eigenvalue weighted by atomic mass is 35.5. The second-order valence-corrected chi connectivity index (χ2v) is 7.77. The van der Waals surface area contributed by atoms with E-state index in [1.807, 2.05) is 42.8 Å². The fourth-order valence-corrected chi connectivity index (χ4v) is 3.56. The number of carbonyl (C=O) groups excluding carboxylic acids is 1. The lowest BCUT2D eigenvalue weighted by Gasteiger charge is -2.09. The number of benzene rings is 1. The van der Waals surface area contributed by atoms with Gasteiger partial charge in [-0.3, -0.25) is 14.2 Å². The summed E-state index contributed by atoms with van der Waals surface area (Å²) in [6.07, 6.45) is -4.70. The predicted molar refractivity (Wildman–Crippen MR) is 112 cm³/mol. The van der Waals surface area contributed by atoms with Crippen LogP contribution in [0.2, 0.25) is 5.02 Å². The first kappa shape index (κ1) is 22.9. The number of carbonyl (C=O) groups is 1. The average molecular weight is 454 g/mol. The lowest BCUT2D eigenvalue weighted by atomic mass is 10.1. The number of hydrogen-bond acceptors (Lipinski definition) is 3. The molecule has 0 aliphatic rings. The second kappa shape index (κ2) is 8.74. The van der Waals surface area contributed by atoms with Gasteiger partial charge in [0.05, 0.1) is 40.9 Å². The predicted octanol–water partition coefficient (Wildman–Crippen LogP) is 5.06. The number of halogens is 4. The van der Waals surface area contributed by atoms with E-state index in [4.69, 9.17) is 11.6 Å². The molecule has 3 aromatic rings. The van der Waals surface area contributed by atoms with Crippen LogP contribution in [0.25, 0.3) is 0 Å². The maximum Gasteiger partial charge on any atom is 0.436 e. The Bertz CT molecular complexity index is 1120. The molecule has 3 rings (SSSR count). The van der Waals surface area contributed by atoms with Crippen molar-refractivity contribution < 1.29 is 18.0 Å². The summed E-state index contributed by atoms with van der Waals surface area (Å²) in [4.78, 5) is 12.5. The minimum atomic E-state index is -4.64. The fraction of sp³-hybridized carbons (Fsp3) is 0.381. The minimum absolute atomic E-state index is 0.0249. The summed E-state index contributed by atoms with van der Waals surface area (Å²) >= 11 is 5.75. The molecule has 0 unspecified atom stereocenters. The molecule has 1 N–H and O–H groups in total. The van der Waals surface area contributed by atoms with Crippen LogP contribution in [0.15, 0.2) is 24.3 Å². The number of alkyl halides is 3.